The number of benzene rings is 2. The molecule has 1 aliphatic rings. The van der Waals surface area contributed by atoms with Gasteiger partial charge in [0, 0.05) is 11.1 Å². The monoisotopic (exact) mass is 373 g/mol. The Bertz CT molecular complexity index is 1000. The number of halogens is 1. The minimum Gasteiger partial charge on any atom is -0.288 e. The molecule has 0 saturated carbocycles. The molecule has 0 heterocycles. The summed E-state index contributed by atoms with van der Waals surface area (Å²) in [5.41, 5.74) is 2.01. The van der Waals surface area contributed by atoms with Crippen LogP contribution < -0.4 is 0 Å². The first-order chi connectivity index (χ1) is 11.8. The van der Waals surface area contributed by atoms with E-state index in [1.165, 1.54) is 6.08 Å². The predicted molar refractivity (Wildman–Crippen MR) is 99.0 cm³/mol. The standard InChI is InChI=1S/C19H16ClNO3S/c1-12(2)13-7-9-14(10-8-13)25(23,24)21-18-11-17(20)19(22)16-6-4-3-5-15(16)18/h3-12H,1-2H3/b21-18-. The van der Waals surface area contributed by atoms with Gasteiger partial charge in [0.05, 0.1) is 15.6 Å². The molecular weight excluding hydrogens is 358 g/mol. The molecule has 4 nitrogen and oxygen atoms in total. The van der Waals surface area contributed by atoms with Crippen LogP contribution in [0.2, 0.25) is 0 Å². The number of rotatable bonds is 3. The van der Waals surface area contributed by atoms with Gasteiger partial charge in [-0.15, -0.1) is 0 Å². The smallest absolute Gasteiger partial charge is 0.282 e. The van der Waals surface area contributed by atoms with Crippen molar-refractivity contribution in [1.82, 2.24) is 0 Å². The van der Waals surface area contributed by atoms with Crippen molar-refractivity contribution < 1.29 is 13.2 Å². The van der Waals surface area contributed by atoms with E-state index in [-0.39, 0.29) is 21.4 Å². The second-order valence-corrected chi connectivity index (χ2v) is 8.05. The Morgan fingerprint density at radius 3 is 2.16 bits per heavy atom. The Labute approximate surface area is 151 Å². The first kappa shape index (κ1) is 17.6. The molecule has 0 fully saturated rings. The fourth-order valence-corrected chi connectivity index (χ4v) is 3.78. The zero-order valence-electron chi connectivity index (χ0n) is 13.7. The summed E-state index contributed by atoms with van der Waals surface area (Å²) in [5.74, 6) is -0.0315. The molecule has 2 aromatic rings. The normalized spacial score (nSPS) is 16.1. The molecule has 0 bridgehead atoms. The number of hydrogen-bond donors (Lipinski definition) is 0. The third-order valence-corrected chi connectivity index (χ3v) is 5.58. The van der Waals surface area contributed by atoms with E-state index < -0.39 is 10.0 Å². The number of nitrogens with zero attached hydrogens (tertiary/aromatic N) is 1. The molecule has 0 saturated heterocycles. The van der Waals surface area contributed by atoms with Crippen LogP contribution in [0.1, 0.15) is 41.3 Å². The number of carbonyl (C=O) groups excluding carboxylic acids is 1. The van der Waals surface area contributed by atoms with Gasteiger partial charge in [0.2, 0.25) is 5.78 Å². The van der Waals surface area contributed by atoms with E-state index in [1.54, 1.807) is 48.5 Å². The third kappa shape index (κ3) is 3.43. The number of fused-ring (bicyclic) bond motifs is 1. The van der Waals surface area contributed by atoms with Gasteiger partial charge in [0.1, 0.15) is 0 Å². The van der Waals surface area contributed by atoms with Crippen LogP contribution in [-0.4, -0.2) is 19.9 Å². The Morgan fingerprint density at radius 2 is 1.56 bits per heavy atom. The molecule has 0 spiro atoms. The van der Waals surface area contributed by atoms with E-state index >= 15 is 0 Å². The minimum atomic E-state index is -3.91. The number of allylic oxidation sites excluding steroid dienone is 2. The molecule has 0 aliphatic heterocycles. The minimum absolute atomic E-state index is 0.0530. The molecule has 1 aliphatic carbocycles. The average molecular weight is 374 g/mol. The molecule has 0 atom stereocenters. The van der Waals surface area contributed by atoms with Crippen LogP contribution in [0.4, 0.5) is 0 Å². The van der Waals surface area contributed by atoms with Crippen LogP contribution in [0.25, 0.3) is 0 Å². The van der Waals surface area contributed by atoms with Crippen LogP contribution in [-0.2, 0) is 10.0 Å². The molecule has 128 valence electrons. The van der Waals surface area contributed by atoms with E-state index in [2.05, 4.69) is 4.40 Å². The quantitative estimate of drug-likeness (QED) is 0.805. The van der Waals surface area contributed by atoms with Crippen LogP contribution in [0.15, 0.2) is 68.9 Å². The van der Waals surface area contributed by atoms with Gasteiger partial charge in [0.15, 0.2) is 0 Å². The molecule has 3 rings (SSSR count). The van der Waals surface area contributed by atoms with Crippen molar-refractivity contribution in [2.75, 3.05) is 0 Å². The van der Waals surface area contributed by atoms with Crippen molar-refractivity contribution in [3.05, 3.63) is 76.3 Å². The number of ketones is 1. The summed E-state index contributed by atoms with van der Waals surface area (Å²) in [4.78, 5) is 12.2. The summed E-state index contributed by atoms with van der Waals surface area (Å²) in [6.07, 6.45) is 1.30. The molecule has 0 unspecified atom stereocenters. The lowest BCUT2D eigenvalue weighted by atomic mass is 9.94. The molecule has 0 radical (unpaired) electrons. The lowest BCUT2D eigenvalue weighted by Crippen LogP contribution is -2.16. The highest BCUT2D eigenvalue weighted by molar-refractivity contribution is 7.90. The van der Waals surface area contributed by atoms with Crippen molar-refractivity contribution in [1.29, 1.82) is 0 Å². The Kier molecular flexibility index (Phi) is 4.62. The van der Waals surface area contributed by atoms with E-state index in [1.807, 2.05) is 13.8 Å². The topological polar surface area (TPSA) is 63.6 Å². The lowest BCUT2D eigenvalue weighted by Gasteiger charge is -2.14. The van der Waals surface area contributed by atoms with Gasteiger partial charge < -0.3 is 0 Å². The SMILES string of the molecule is CC(C)c1ccc(S(=O)(=O)/N=C2/C=C(Cl)C(=O)c3ccccc32)cc1. The largest absolute Gasteiger partial charge is 0.288 e. The van der Waals surface area contributed by atoms with Gasteiger partial charge in [0.25, 0.3) is 10.0 Å². The number of carbonyl (C=O) groups is 1. The molecule has 0 aromatic heterocycles. The van der Waals surface area contributed by atoms with Crippen LogP contribution >= 0.6 is 11.6 Å². The van der Waals surface area contributed by atoms with Gasteiger partial charge in [-0.05, 0) is 29.7 Å². The maximum absolute atomic E-state index is 12.6. The van der Waals surface area contributed by atoms with Crippen LogP contribution in [0.5, 0.6) is 0 Å². The Balaban J connectivity index is 2.08. The summed E-state index contributed by atoms with van der Waals surface area (Å²) >= 11 is 5.96. The predicted octanol–water partition coefficient (Wildman–Crippen LogP) is 4.31. The highest BCUT2D eigenvalue weighted by atomic mass is 35.5. The molecule has 0 amide bonds. The second kappa shape index (κ2) is 6.58. The van der Waals surface area contributed by atoms with E-state index in [9.17, 15) is 13.2 Å². The zero-order chi connectivity index (χ0) is 18.2. The molecule has 25 heavy (non-hydrogen) atoms. The Morgan fingerprint density at radius 1 is 0.960 bits per heavy atom. The summed E-state index contributed by atoms with van der Waals surface area (Å²) in [6.45, 7) is 4.07. The highest BCUT2D eigenvalue weighted by Gasteiger charge is 2.25. The van der Waals surface area contributed by atoms with Gasteiger partial charge >= 0.3 is 0 Å². The van der Waals surface area contributed by atoms with E-state index in [0.717, 1.165) is 5.56 Å². The van der Waals surface area contributed by atoms with Crippen molar-refractivity contribution in [2.45, 2.75) is 24.7 Å². The number of sulfonamides is 1. The van der Waals surface area contributed by atoms with Crippen molar-refractivity contribution in [2.24, 2.45) is 4.40 Å². The molecule has 0 N–H and O–H groups in total. The molecular formula is C19H16ClNO3S. The fourth-order valence-electron chi connectivity index (χ4n) is 2.58. The van der Waals surface area contributed by atoms with E-state index in [0.29, 0.717) is 17.0 Å². The average Bonchev–Trinajstić information content (AvgIpc) is 2.59. The van der Waals surface area contributed by atoms with Crippen LogP contribution in [0.3, 0.4) is 0 Å². The van der Waals surface area contributed by atoms with Gasteiger partial charge in [-0.3, -0.25) is 4.79 Å². The van der Waals surface area contributed by atoms with Crippen molar-refractivity contribution in [3.8, 4) is 0 Å². The molecule has 2 aromatic carbocycles. The van der Waals surface area contributed by atoms with Gasteiger partial charge in [-0.25, -0.2) is 0 Å². The van der Waals surface area contributed by atoms with Crippen LogP contribution in [0, 0.1) is 0 Å². The van der Waals surface area contributed by atoms with Crippen molar-refractivity contribution >= 4 is 33.1 Å². The first-order valence-electron chi connectivity index (χ1n) is 7.76. The second-order valence-electron chi connectivity index (χ2n) is 6.04. The van der Waals surface area contributed by atoms with Gasteiger partial charge in [-0.2, -0.15) is 12.8 Å². The summed E-state index contributed by atoms with van der Waals surface area (Å²) in [5, 5.41) is -0.0530. The fraction of sp³-hybridized carbons (Fsp3) is 0.158. The lowest BCUT2D eigenvalue weighted by molar-refractivity contribution is 0.104. The van der Waals surface area contributed by atoms with E-state index in [4.69, 9.17) is 11.6 Å². The number of hydrogen-bond acceptors (Lipinski definition) is 3. The summed E-state index contributed by atoms with van der Waals surface area (Å²) in [7, 11) is -3.91. The first-order valence-corrected chi connectivity index (χ1v) is 9.57. The maximum Gasteiger partial charge on any atom is 0.282 e. The zero-order valence-corrected chi connectivity index (χ0v) is 15.3. The Hall–Kier alpha value is -2.24. The summed E-state index contributed by atoms with van der Waals surface area (Å²) in [6, 6.07) is 13.3. The summed E-state index contributed by atoms with van der Waals surface area (Å²) < 4.78 is 29.2. The number of Topliss-reactive ketones (excluding diaryl/α,β-unsaturated/α-hetero) is 1. The third-order valence-electron chi connectivity index (χ3n) is 3.99. The molecule has 6 heteroatoms. The maximum atomic E-state index is 12.6. The van der Waals surface area contributed by atoms with Crippen molar-refractivity contribution in [3.63, 3.8) is 0 Å². The highest BCUT2D eigenvalue weighted by Crippen LogP contribution is 2.26. The van der Waals surface area contributed by atoms with Gasteiger partial charge in [-0.1, -0.05) is 61.8 Å².